The van der Waals surface area contributed by atoms with Crippen molar-refractivity contribution >= 4 is 23.2 Å². The highest BCUT2D eigenvalue weighted by atomic mass is 16.5. The van der Waals surface area contributed by atoms with Crippen LogP contribution >= 0.6 is 0 Å². The summed E-state index contributed by atoms with van der Waals surface area (Å²) in [7, 11) is 1.61. The lowest BCUT2D eigenvalue weighted by Crippen LogP contribution is -2.48. The van der Waals surface area contributed by atoms with E-state index in [1.54, 1.807) is 12.0 Å². The molecule has 2 aromatic rings. The summed E-state index contributed by atoms with van der Waals surface area (Å²) >= 11 is 0. The summed E-state index contributed by atoms with van der Waals surface area (Å²) in [6, 6.07) is 17.8. The fraction of sp³-hybridized carbons (Fsp3) is 0.417. The van der Waals surface area contributed by atoms with Crippen LogP contribution in [0.15, 0.2) is 54.6 Å². The van der Waals surface area contributed by atoms with Crippen LogP contribution in [0, 0.1) is 5.92 Å². The smallest absolute Gasteiger partial charge is 0.227 e. The first-order valence-electron chi connectivity index (χ1n) is 10.9. The predicted octanol–water partition coefficient (Wildman–Crippen LogP) is 1.99. The van der Waals surface area contributed by atoms with E-state index in [0.717, 1.165) is 44.2 Å². The number of hydrogen-bond donors (Lipinski definition) is 1. The molecule has 1 N–H and O–H groups in total. The summed E-state index contributed by atoms with van der Waals surface area (Å²) in [5.41, 5.74) is 2.07. The molecule has 2 aliphatic heterocycles. The van der Waals surface area contributed by atoms with Crippen molar-refractivity contribution in [1.82, 2.24) is 10.2 Å². The highest BCUT2D eigenvalue weighted by molar-refractivity contribution is 6.00. The number of rotatable bonds is 7. The Balaban J connectivity index is 1.19. The minimum Gasteiger partial charge on any atom is -0.497 e. The van der Waals surface area contributed by atoms with Gasteiger partial charge in [-0.05, 0) is 36.4 Å². The number of amides is 2. The summed E-state index contributed by atoms with van der Waals surface area (Å²) in [6.45, 7) is 5.81. The number of piperazine rings is 1. The van der Waals surface area contributed by atoms with Gasteiger partial charge in [0, 0.05) is 63.6 Å². The van der Waals surface area contributed by atoms with E-state index in [2.05, 4.69) is 39.4 Å². The molecular formula is C24H30N4O3. The van der Waals surface area contributed by atoms with Crippen molar-refractivity contribution in [1.29, 1.82) is 0 Å². The maximum absolute atomic E-state index is 12.6. The molecule has 164 valence electrons. The molecule has 2 aliphatic rings. The van der Waals surface area contributed by atoms with Crippen molar-refractivity contribution in [2.45, 2.75) is 6.42 Å². The second-order valence-electron chi connectivity index (χ2n) is 8.06. The van der Waals surface area contributed by atoms with Gasteiger partial charge in [0.25, 0.3) is 0 Å². The fourth-order valence-corrected chi connectivity index (χ4v) is 4.24. The van der Waals surface area contributed by atoms with Gasteiger partial charge in [0.05, 0.1) is 13.0 Å². The molecule has 0 aromatic heterocycles. The van der Waals surface area contributed by atoms with Gasteiger partial charge in [-0.25, -0.2) is 0 Å². The molecule has 2 fully saturated rings. The number of nitrogens with one attached hydrogen (secondary N) is 1. The average molecular weight is 423 g/mol. The van der Waals surface area contributed by atoms with Crippen LogP contribution < -0.4 is 19.9 Å². The Labute approximate surface area is 183 Å². The van der Waals surface area contributed by atoms with Crippen LogP contribution in [0.25, 0.3) is 0 Å². The number of benzene rings is 2. The molecule has 1 atom stereocenters. The summed E-state index contributed by atoms with van der Waals surface area (Å²) in [5, 5.41) is 3.03. The lowest BCUT2D eigenvalue weighted by Gasteiger charge is -2.36. The quantitative estimate of drug-likeness (QED) is 0.739. The van der Waals surface area contributed by atoms with Crippen LogP contribution in [0.5, 0.6) is 5.75 Å². The maximum atomic E-state index is 12.6. The molecule has 0 radical (unpaired) electrons. The van der Waals surface area contributed by atoms with E-state index in [1.165, 1.54) is 5.69 Å². The van der Waals surface area contributed by atoms with Gasteiger partial charge in [0.1, 0.15) is 5.75 Å². The van der Waals surface area contributed by atoms with Crippen LogP contribution in [-0.2, 0) is 9.59 Å². The van der Waals surface area contributed by atoms with E-state index < -0.39 is 0 Å². The zero-order chi connectivity index (χ0) is 21.6. The number of anilines is 2. The zero-order valence-electron chi connectivity index (χ0n) is 18.0. The van der Waals surface area contributed by atoms with E-state index >= 15 is 0 Å². The van der Waals surface area contributed by atoms with Gasteiger partial charge >= 0.3 is 0 Å². The number of hydrogen-bond acceptors (Lipinski definition) is 5. The summed E-state index contributed by atoms with van der Waals surface area (Å²) < 4.78 is 5.17. The summed E-state index contributed by atoms with van der Waals surface area (Å²) in [4.78, 5) is 31.5. The van der Waals surface area contributed by atoms with Crippen molar-refractivity contribution in [2.75, 3.05) is 62.7 Å². The van der Waals surface area contributed by atoms with Crippen LogP contribution in [0.1, 0.15) is 6.42 Å². The Kier molecular flexibility index (Phi) is 6.72. The molecular weight excluding hydrogens is 392 g/mol. The first-order chi connectivity index (χ1) is 15.1. The van der Waals surface area contributed by atoms with E-state index in [-0.39, 0.29) is 24.2 Å². The van der Waals surface area contributed by atoms with Gasteiger partial charge in [-0.15, -0.1) is 0 Å². The van der Waals surface area contributed by atoms with Gasteiger partial charge in [-0.1, -0.05) is 18.2 Å². The van der Waals surface area contributed by atoms with Crippen LogP contribution in [0.2, 0.25) is 0 Å². The minimum atomic E-state index is -0.301. The standard InChI is InChI=1S/C24H30N4O3/c1-31-22-9-7-21(8-10-22)28-18-19(17-23(28)29)24(30)25-11-12-26-13-15-27(16-14-26)20-5-3-2-4-6-20/h2-10,19H,11-18H2,1H3,(H,25,30). The van der Waals surface area contributed by atoms with E-state index in [1.807, 2.05) is 30.3 Å². The van der Waals surface area contributed by atoms with Crippen molar-refractivity contribution < 1.29 is 14.3 Å². The number of carbonyl (C=O) groups is 2. The van der Waals surface area contributed by atoms with E-state index in [4.69, 9.17) is 4.74 Å². The largest absolute Gasteiger partial charge is 0.497 e. The SMILES string of the molecule is COc1ccc(N2CC(C(=O)NCCN3CCN(c4ccccc4)CC3)CC2=O)cc1. The van der Waals surface area contributed by atoms with Crippen LogP contribution in [0.4, 0.5) is 11.4 Å². The number of ether oxygens (including phenoxy) is 1. The molecule has 2 aromatic carbocycles. The van der Waals surface area contributed by atoms with Crippen LogP contribution in [-0.4, -0.2) is 69.6 Å². The third-order valence-electron chi connectivity index (χ3n) is 6.10. The van der Waals surface area contributed by atoms with E-state index in [9.17, 15) is 9.59 Å². The number of nitrogens with zero attached hydrogens (tertiary/aromatic N) is 3. The maximum Gasteiger partial charge on any atom is 0.227 e. The molecule has 2 amide bonds. The number of carbonyl (C=O) groups excluding carboxylic acids is 2. The van der Waals surface area contributed by atoms with Crippen molar-refractivity contribution in [3.63, 3.8) is 0 Å². The highest BCUT2D eigenvalue weighted by Gasteiger charge is 2.35. The van der Waals surface area contributed by atoms with Gasteiger partial charge in [0.2, 0.25) is 11.8 Å². The molecule has 31 heavy (non-hydrogen) atoms. The molecule has 2 heterocycles. The third-order valence-corrected chi connectivity index (χ3v) is 6.10. The van der Waals surface area contributed by atoms with Crippen molar-refractivity contribution in [3.8, 4) is 5.75 Å². The summed E-state index contributed by atoms with van der Waals surface area (Å²) in [6.07, 6.45) is 0.258. The lowest BCUT2D eigenvalue weighted by atomic mass is 10.1. The third kappa shape index (κ3) is 5.17. The fourth-order valence-electron chi connectivity index (χ4n) is 4.24. The van der Waals surface area contributed by atoms with Gasteiger partial charge in [0.15, 0.2) is 0 Å². The summed E-state index contributed by atoms with van der Waals surface area (Å²) in [5.74, 6) is 0.397. The van der Waals surface area contributed by atoms with Gasteiger partial charge < -0.3 is 19.9 Å². The highest BCUT2D eigenvalue weighted by Crippen LogP contribution is 2.27. The normalized spacial score (nSPS) is 19.5. The van der Waals surface area contributed by atoms with Gasteiger partial charge in [-0.2, -0.15) is 0 Å². The Morgan fingerprint density at radius 1 is 1.00 bits per heavy atom. The van der Waals surface area contributed by atoms with Crippen LogP contribution in [0.3, 0.4) is 0 Å². The lowest BCUT2D eigenvalue weighted by molar-refractivity contribution is -0.126. The first kappa shape index (κ1) is 21.2. The van der Waals surface area contributed by atoms with Gasteiger partial charge in [-0.3, -0.25) is 14.5 Å². The number of methoxy groups -OCH3 is 1. The average Bonchev–Trinajstić information content (AvgIpc) is 3.22. The Bertz CT molecular complexity index is 879. The molecule has 0 saturated carbocycles. The zero-order valence-corrected chi connectivity index (χ0v) is 18.0. The minimum absolute atomic E-state index is 0.0117. The molecule has 7 nitrogen and oxygen atoms in total. The first-order valence-corrected chi connectivity index (χ1v) is 10.9. The van der Waals surface area contributed by atoms with E-state index in [0.29, 0.717) is 13.1 Å². The molecule has 7 heteroatoms. The van der Waals surface area contributed by atoms with Crippen molar-refractivity contribution in [3.05, 3.63) is 54.6 Å². The molecule has 2 saturated heterocycles. The Hall–Kier alpha value is -3.06. The van der Waals surface area contributed by atoms with Crippen molar-refractivity contribution in [2.24, 2.45) is 5.92 Å². The molecule has 0 spiro atoms. The molecule has 0 bridgehead atoms. The monoisotopic (exact) mass is 422 g/mol. The Morgan fingerprint density at radius 3 is 2.39 bits per heavy atom. The topological polar surface area (TPSA) is 65.1 Å². The number of para-hydroxylation sites is 1. The second-order valence-corrected chi connectivity index (χ2v) is 8.06. The Morgan fingerprint density at radius 2 is 1.71 bits per heavy atom. The molecule has 4 rings (SSSR count). The molecule has 1 unspecified atom stereocenters. The second kappa shape index (κ2) is 9.83. The molecule has 0 aliphatic carbocycles. The predicted molar refractivity (Wildman–Crippen MR) is 122 cm³/mol.